The van der Waals surface area contributed by atoms with Crippen LogP contribution in [0.25, 0.3) is 16.9 Å². The largest absolute Gasteiger partial charge is 0.497 e. The zero-order chi connectivity index (χ0) is 18.0. The van der Waals surface area contributed by atoms with Crippen molar-refractivity contribution in [3.05, 3.63) is 53.9 Å². The molecule has 0 saturated heterocycles. The number of aromatic nitrogens is 2. The van der Waals surface area contributed by atoms with Crippen molar-refractivity contribution in [3.63, 3.8) is 0 Å². The molecular weight excluding hydrogens is 318 g/mol. The number of pyridine rings is 1. The Balaban J connectivity index is 2.17. The number of fused-ring (bicyclic) bond motifs is 1. The van der Waals surface area contributed by atoms with Crippen molar-refractivity contribution in [2.24, 2.45) is 5.73 Å². The maximum Gasteiger partial charge on any atom is 0.323 e. The van der Waals surface area contributed by atoms with E-state index < -0.39 is 12.0 Å². The van der Waals surface area contributed by atoms with Gasteiger partial charge >= 0.3 is 5.97 Å². The highest BCUT2D eigenvalue weighted by atomic mass is 16.5. The molecule has 1 atom stereocenters. The van der Waals surface area contributed by atoms with Crippen molar-refractivity contribution in [1.82, 2.24) is 9.38 Å². The van der Waals surface area contributed by atoms with Crippen molar-refractivity contribution in [2.45, 2.75) is 19.4 Å². The highest BCUT2D eigenvalue weighted by molar-refractivity contribution is 5.77. The Kier molecular flexibility index (Phi) is 4.72. The van der Waals surface area contributed by atoms with Crippen LogP contribution in [0, 0.1) is 6.92 Å². The molecule has 130 valence electrons. The number of carbonyl (C=O) groups is 1. The number of methoxy groups -OCH3 is 2. The Bertz CT molecular complexity index is 917. The summed E-state index contributed by atoms with van der Waals surface area (Å²) in [6.45, 7) is 2.00. The van der Waals surface area contributed by atoms with Crippen molar-refractivity contribution in [3.8, 4) is 17.0 Å². The Morgan fingerprint density at radius 1 is 1.28 bits per heavy atom. The monoisotopic (exact) mass is 339 g/mol. The molecular formula is C19H21N3O3. The summed E-state index contributed by atoms with van der Waals surface area (Å²) in [7, 11) is 2.96. The third-order valence-electron chi connectivity index (χ3n) is 4.20. The minimum absolute atomic E-state index is 0.323. The third-order valence-corrected chi connectivity index (χ3v) is 4.20. The molecule has 0 aliphatic carbocycles. The van der Waals surface area contributed by atoms with Crippen molar-refractivity contribution >= 4 is 11.6 Å². The topological polar surface area (TPSA) is 78.8 Å². The second-order valence-electron chi connectivity index (χ2n) is 5.86. The predicted octanol–water partition coefficient (Wildman–Crippen LogP) is 2.36. The van der Waals surface area contributed by atoms with Gasteiger partial charge in [-0.1, -0.05) is 18.2 Å². The van der Waals surface area contributed by atoms with Gasteiger partial charge in [-0.25, -0.2) is 4.98 Å². The van der Waals surface area contributed by atoms with Gasteiger partial charge in [-0.15, -0.1) is 0 Å². The number of aryl methyl sites for hydroxylation is 1. The summed E-state index contributed by atoms with van der Waals surface area (Å²) in [5.74, 6) is 0.300. The SMILES string of the molecule is COC(=O)C(N)Cc1c(-c2cccc(OC)c2)nc2c(C)cccn12. The van der Waals surface area contributed by atoms with Crippen LogP contribution in [0.5, 0.6) is 5.75 Å². The molecule has 2 heterocycles. The fourth-order valence-corrected chi connectivity index (χ4v) is 2.89. The zero-order valence-electron chi connectivity index (χ0n) is 14.5. The van der Waals surface area contributed by atoms with Crippen molar-refractivity contribution in [1.29, 1.82) is 0 Å². The summed E-state index contributed by atoms with van der Waals surface area (Å²) in [5.41, 5.74) is 10.5. The molecule has 0 fully saturated rings. The summed E-state index contributed by atoms with van der Waals surface area (Å²) in [6.07, 6.45) is 2.25. The molecule has 3 rings (SSSR count). The number of imidazole rings is 1. The smallest absolute Gasteiger partial charge is 0.323 e. The van der Waals surface area contributed by atoms with Gasteiger partial charge < -0.3 is 19.6 Å². The highest BCUT2D eigenvalue weighted by Crippen LogP contribution is 2.29. The average Bonchev–Trinajstić information content (AvgIpc) is 3.01. The lowest BCUT2D eigenvalue weighted by molar-refractivity contribution is -0.142. The first-order valence-corrected chi connectivity index (χ1v) is 7.99. The molecule has 3 aromatic rings. The van der Waals surface area contributed by atoms with Gasteiger partial charge in [0.05, 0.1) is 25.6 Å². The maximum absolute atomic E-state index is 11.8. The highest BCUT2D eigenvalue weighted by Gasteiger charge is 2.22. The number of benzene rings is 1. The summed E-state index contributed by atoms with van der Waals surface area (Å²) < 4.78 is 12.1. The molecule has 0 saturated carbocycles. The molecule has 6 heteroatoms. The molecule has 0 aliphatic rings. The summed E-state index contributed by atoms with van der Waals surface area (Å²) in [5, 5.41) is 0. The molecule has 2 N–H and O–H groups in total. The first-order chi connectivity index (χ1) is 12.0. The van der Waals surface area contributed by atoms with E-state index in [9.17, 15) is 4.79 Å². The van der Waals surface area contributed by atoms with E-state index in [4.69, 9.17) is 20.2 Å². The van der Waals surface area contributed by atoms with Gasteiger partial charge in [-0.05, 0) is 30.7 Å². The number of esters is 1. The van der Waals surface area contributed by atoms with Gasteiger partial charge in [-0.3, -0.25) is 4.79 Å². The normalized spacial score (nSPS) is 12.2. The Morgan fingerprint density at radius 2 is 2.08 bits per heavy atom. The van der Waals surface area contributed by atoms with Gasteiger partial charge in [0.15, 0.2) is 0 Å². The van der Waals surface area contributed by atoms with Crippen LogP contribution in [0.3, 0.4) is 0 Å². The van der Waals surface area contributed by atoms with E-state index in [0.717, 1.165) is 33.9 Å². The standard InChI is InChI=1S/C19H21N3O3/c1-12-6-5-9-22-16(11-15(20)19(23)25-3)17(21-18(12)22)13-7-4-8-14(10-13)24-2/h4-10,15H,11,20H2,1-3H3. The summed E-state index contributed by atoms with van der Waals surface area (Å²) in [6, 6.07) is 10.9. The number of nitrogens with zero attached hydrogens (tertiary/aromatic N) is 2. The molecule has 6 nitrogen and oxygen atoms in total. The van der Waals surface area contributed by atoms with Gasteiger partial charge in [0, 0.05) is 18.2 Å². The minimum atomic E-state index is -0.755. The van der Waals surface area contributed by atoms with Gasteiger partial charge in [-0.2, -0.15) is 0 Å². The minimum Gasteiger partial charge on any atom is -0.497 e. The van der Waals surface area contributed by atoms with Crippen LogP contribution in [-0.2, 0) is 16.0 Å². The Labute approximate surface area is 146 Å². The fourth-order valence-electron chi connectivity index (χ4n) is 2.89. The molecule has 0 amide bonds. The van der Waals surface area contributed by atoms with E-state index in [-0.39, 0.29) is 0 Å². The van der Waals surface area contributed by atoms with E-state index in [2.05, 4.69) is 0 Å². The Hall–Kier alpha value is -2.86. The molecule has 25 heavy (non-hydrogen) atoms. The van der Waals surface area contributed by atoms with Crippen molar-refractivity contribution < 1.29 is 14.3 Å². The molecule has 0 radical (unpaired) electrons. The predicted molar refractivity (Wildman–Crippen MR) is 95.6 cm³/mol. The van der Waals surface area contributed by atoms with Crippen LogP contribution >= 0.6 is 0 Å². The number of nitrogens with two attached hydrogens (primary N) is 1. The van der Waals surface area contributed by atoms with Crippen LogP contribution in [0.15, 0.2) is 42.6 Å². The lowest BCUT2D eigenvalue weighted by atomic mass is 10.1. The number of ether oxygens (including phenoxy) is 2. The van der Waals surface area contributed by atoms with E-state index in [1.165, 1.54) is 7.11 Å². The van der Waals surface area contributed by atoms with E-state index in [1.807, 2.05) is 53.9 Å². The average molecular weight is 339 g/mol. The van der Waals surface area contributed by atoms with Gasteiger partial charge in [0.2, 0.25) is 0 Å². The quantitative estimate of drug-likeness (QED) is 0.722. The first-order valence-electron chi connectivity index (χ1n) is 7.99. The second-order valence-corrected chi connectivity index (χ2v) is 5.86. The van der Waals surface area contributed by atoms with Gasteiger partial charge in [0.1, 0.15) is 17.4 Å². The van der Waals surface area contributed by atoms with Crippen LogP contribution < -0.4 is 10.5 Å². The van der Waals surface area contributed by atoms with Crippen LogP contribution in [0.2, 0.25) is 0 Å². The van der Waals surface area contributed by atoms with E-state index in [1.54, 1.807) is 7.11 Å². The second kappa shape index (κ2) is 6.94. The van der Waals surface area contributed by atoms with E-state index >= 15 is 0 Å². The zero-order valence-corrected chi connectivity index (χ0v) is 14.5. The summed E-state index contributed by atoms with van der Waals surface area (Å²) >= 11 is 0. The number of carbonyl (C=O) groups excluding carboxylic acids is 1. The number of hydrogen-bond donors (Lipinski definition) is 1. The molecule has 1 unspecified atom stereocenters. The lowest BCUT2D eigenvalue weighted by Crippen LogP contribution is -2.34. The Morgan fingerprint density at radius 3 is 2.80 bits per heavy atom. The molecule has 1 aromatic carbocycles. The first kappa shape index (κ1) is 17.0. The van der Waals surface area contributed by atoms with Crippen molar-refractivity contribution in [2.75, 3.05) is 14.2 Å². The van der Waals surface area contributed by atoms with E-state index in [0.29, 0.717) is 6.42 Å². The summed E-state index contributed by atoms with van der Waals surface area (Å²) in [4.78, 5) is 16.6. The molecule has 2 aromatic heterocycles. The van der Waals surface area contributed by atoms with Crippen LogP contribution in [0.4, 0.5) is 0 Å². The van der Waals surface area contributed by atoms with Gasteiger partial charge in [0.25, 0.3) is 0 Å². The molecule has 0 aliphatic heterocycles. The molecule has 0 spiro atoms. The third kappa shape index (κ3) is 3.21. The maximum atomic E-state index is 11.8. The number of hydrogen-bond acceptors (Lipinski definition) is 5. The number of rotatable bonds is 5. The molecule has 0 bridgehead atoms. The van der Waals surface area contributed by atoms with Crippen LogP contribution in [0.1, 0.15) is 11.3 Å². The lowest BCUT2D eigenvalue weighted by Gasteiger charge is -2.11. The van der Waals surface area contributed by atoms with Crippen LogP contribution in [-0.4, -0.2) is 35.6 Å². The fraction of sp³-hybridized carbons (Fsp3) is 0.263.